The minimum Gasteiger partial charge on any atom is -0.381 e. The maximum atomic E-state index is 3.65. The van der Waals surface area contributed by atoms with Crippen LogP contribution in [0.1, 0.15) is 17.5 Å². The van der Waals surface area contributed by atoms with Gasteiger partial charge in [0, 0.05) is 20.7 Å². The van der Waals surface area contributed by atoms with Crippen LogP contribution in [0, 0.1) is 0 Å². The monoisotopic (exact) mass is 379 g/mol. The number of halogens is 2. The van der Waals surface area contributed by atoms with E-state index in [-0.39, 0.29) is 0 Å². The fourth-order valence-electron chi connectivity index (χ4n) is 2.65. The molecule has 0 saturated carbocycles. The molecule has 0 heterocycles. The van der Waals surface area contributed by atoms with Crippen molar-refractivity contribution in [1.82, 2.24) is 0 Å². The first kappa shape index (κ1) is 13.2. The molecule has 0 amide bonds. The summed E-state index contributed by atoms with van der Waals surface area (Å²) >= 11 is 7.13. The lowest BCUT2D eigenvalue weighted by Gasteiger charge is -2.26. The van der Waals surface area contributed by atoms with E-state index in [1.165, 1.54) is 29.7 Å². The maximum Gasteiger partial charge on any atom is 0.0498 e. The molecule has 0 fully saturated rings. The number of rotatable bonds is 2. The summed E-state index contributed by atoms with van der Waals surface area (Å²) in [6.45, 7) is 0. The van der Waals surface area contributed by atoms with Gasteiger partial charge in [-0.2, -0.15) is 0 Å². The highest BCUT2D eigenvalue weighted by molar-refractivity contribution is 9.11. The van der Waals surface area contributed by atoms with E-state index >= 15 is 0 Å². The van der Waals surface area contributed by atoms with Crippen LogP contribution in [0.25, 0.3) is 0 Å². The molecule has 1 unspecified atom stereocenters. The zero-order valence-corrected chi connectivity index (χ0v) is 13.7. The molecular weight excluding hydrogens is 366 g/mol. The fraction of sp³-hybridized carbons (Fsp3) is 0.250. The Morgan fingerprint density at radius 1 is 1.00 bits per heavy atom. The van der Waals surface area contributed by atoms with E-state index in [0.29, 0.717) is 6.04 Å². The second kappa shape index (κ2) is 5.68. The quantitative estimate of drug-likeness (QED) is 0.756. The summed E-state index contributed by atoms with van der Waals surface area (Å²) in [6, 6.07) is 15.5. The smallest absolute Gasteiger partial charge is 0.0498 e. The highest BCUT2D eigenvalue weighted by atomic mass is 79.9. The second-order valence-corrected chi connectivity index (χ2v) is 6.75. The van der Waals surface area contributed by atoms with Crippen LogP contribution in [-0.2, 0) is 12.8 Å². The molecule has 0 aliphatic heterocycles. The summed E-state index contributed by atoms with van der Waals surface area (Å²) in [5.41, 5.74) is 4.16. The Hall–Kier alpha value is -0.800. The zero-order chi connectivity index (χ0) is 13.2. The van der Waals surface area contributed by atoms with Gasteiger partial charge in [0.15, 0.2) is 0 Å². The maximum absolute atomic E-state index is 3.65. The first-order chi connectivity index (χ1) is 9.22. The molecule has 0 aromatic heterocycles. The van der Waals surface area contributed by atoms with Crippen molar-refractivity contribution in [2.24, 2.45) is 0 Å². The summed E-state index contributed by atoms with van der Waals surface area (Å²) < 4.78 is 2.23. The number of fused-ring (bicyclic) bond motifs is 1. The molecule has 0 bridgehead atoms. The Morgan fingerprint density at radius 3 is 2.63 bits per heavy atom. The Kier molecular flexibility index (Phi) is 3.94. The molecule has 0 radical (unpaired) electrons. The number of benzene rings is 2. The summed E-state index contributed by atoms with van der Waals surface area (Å²) in [4.78, 5) is 0. The number of aryl methyl sites for hydroxylation is 1. The molecule has 1 nitrogen and oxygen atoms in total. The molecule has 1 aliphatic rings. The third-order valence-corrected chi connectivity index (χ3v) is 4.82. The zero-order valence-electron chi connectivity index (χ0n) is 10.5. The van der Waals surface area contributed by atoms with Gasteiger partial charge in [0.2, 0.25) is 0 Å². The van der Waals surface area contributed by atoms with Crippen molar-refractivity contribution in [1.29, 1.82) is 0 Å². The van der Waals surface area contributed by atoms with Gasteiger partial charge in [-0.05, 0) is 64.5 Å². The van der Waals surface area contributed by atoms with Gasteiger partial charge in [-0.3, -0.25) is 0 Å². The molecule has 98 valence electrons. The SMILES string of the molecule is Brc1ccc(Br)c(NC2CCc3ccccc3C2)c1. The van der Waals surface area contributed by atoms with Crippen LogP contribution < -0.4 is 5.32 Å². The fourth-order valence-corrected chi connectivity index (χ4v) is 3.37. The normalized spacial score (nSPS) is 17.9. The van der Waals surface area contributed by atoms with Crippen LogP contribution in [0.3, 0.4) is 0 Å². The number of nitrogens with one attached hydrogen (secondary N) is 1. The number of anilines is 1. The topological polar surface area (TPSA) is 12.0 Å². The van der Waals surface area contributed by atoms with Crippen molar-refractivity contribution in [3.63, 3.8) is 0 Å². The van der Waals surface area contributed by atoms with Gasteiger partial charge in [0.25, 0.3) is 0 Å². The van der Waals surface area contributed by atoms with Crippen LogP contribution in [-0.4, -0.2) is 6.04 Å². The Labute approximate surface area is 130 Å². The predicted molar refractivity (Wildman–Crippen MR) is 87.7 cm³/mol. The summed E-state index contributed by atoms with van der Waals surface area (Å²) in [6.07, 6.45) is 3.46. The third kappa shape index (κ3) is 3.03. The molecule has 3 heteroatoms. The Bertz CT molecular complexity index is 595. The molecule has 1 aliphatic carbocycles. The molecule has 1 N–H and O–H groups in total. The molecular formula is C16H15Br2N. The highest BCUT2D eigenvalue weighted by Gasteiger charge is 2.18. The minimum atomic E-state index is 0.514. The average Bonchev–Trinajstić information content (AvgIpc) is 2.43. The van der Waals surface area contributed by atoms with Crippen molar-refractivity contribution in [2.45, 2.75) is 25.3 Å². The second-order valence-electron chi connectivity index (χ2n) is 4.98. The minimum absolute atomic E-state index is 0.514. The summed E-state index contributed by atoms with van der Waals surface area (Å²) in [5.74, 6) is 0. The molecule has 3 rings (SSSR count). The molecule has 0 saturated heterocycles. The van der Waals surface area contributed by atoms with E-state index in [2.05, 4.69) is 73.6 Å². The van der Waals surface area contributed by atoms with Gasteiger partial charge < -0.3 is 5.32 Å². The lowest BCUT2D eigenvalue weighted by molar-refractivity contribution is 0.610. The van der Waals surface area contributed by atoms with E-state index in [9.17, 15) is 0 Å². The Morgan fingerprint density at radius 2 is 1.79 bits per heavy atom. The molecule has 1 atom stereocenters. The molecule has 2 aromatic rings. The Balaban J connectivity index is 1.77. The number of hydrogen-bond donors (Lipinski definition) is 1. The standard InChI is InChI=1S/C16H15Br2N/c17-13-6-8-15(18)16(10-13)19-14-7-5-11-3-1-2-4-12(11)9-14/h1-4,6,8,10,14,19H,5,7,9H2. The van der Waals surface area contributed by atoms with Crippen molar-refractivity contribution in [2.75, 3.05) is 5.32 Å². The van der Waals surface area contributed by atoms with Gasteiger partial charge >= 0.3 is 0 Å². The van der Waals surface area contributed by atoms with E-state index < -0.39 is 0 Å². The van der Waals surface area contributed by atoms with Gasteiger partial charge in [-0.15, -0.1) is 0 Å². The van der Waals surface area contributed by atoms with Gasteiger partial charge in [0.1, 0.15) is 0 Å². The average molecular weight is 381 g/mol. The van der Waals surface area contributed by atoms with Crippen LogP contribution in [0.2, 0.25) is 0 Å². The van der Waals surface area contributed by atoms with Crippen LogP contribution >= 0.6 is 31.9 Å². The molecule has 2 aromatic carbocycles. The van der Waals surface area contributed by atoms with Crippen LogP contribution in [0.15, 0.2) is 51.4 Å². The summed E-state index contributed by atoms with van der Waals surface area (Å²) in [7, 11) is 0. The van der Waals surface area contributed by atoms with E-state index in [0.717, 1.165) is 15.4 Å². The lowest BCUT2D eigenvalue weighted by atomic mass is 9.88. The van der Waals surface area contributed by atoms with Crippen molar-refractivity contribution >= 4 is 37.5 Å². The van der Waals surface area contributed by atoms with Gasteiger partial charge in [-0.25, -0.2) is 0 Å². The van der Waals surface area contributed by atoms with E-state index in [1.807, 2.05) is 6.07 Å². The number of hydrogen-bond acceptors (Lipinski definition) is 1. The molecule has 0 spiro atoms. The first-order valence-electron chi connectivity index (χ1n) is 6.51. The predicted octanol–water partition coefficient (Wildman–Crippen LogP) is 5.18. The van der Waals surface area contributed by atoms with Crippen molar-refractivity contribution < 1.29 is 0 Å². The largest absolute Gasteiger partial charge is 0.381 e. The summed E-state index contributed by atoms with van der Waals surface area (Å²) in [5, 5.41) is 3.65. The first-order valence-corrected chi connectivity index (χ1v) is 8.09. The van der Waals surface area contributed by atoms with Crippen LogP contribution in [0.4, 0.5) is 5.69 Å². The highest BCUT2D eigenvalue weighted by Crippen LogP contribution is 2.29. The van der Waals surface area contributed by atoms with Crippen LogP contribution in [0.5, 0.6) is 0 Å². The van der Waals surface area contributed by atoms with E-state index in [1.54, 1.807) is 0 Å². The van der Waals surface area contributed by atoms with Gasteiger partial charge in [-0.1, -0.05) is 40.2 Å². The third-order valence-electron chi connectivity index (χ3n) is 3.63. The van der Waals surface area contributed by atoms with E-state index in [4.69, 9.17) is 0 Å². The van der Waals surface area contributed by atoms with Crippen molar-refractivity contribution in [3.8, 4) is 0 Å². The van der Waals surface area contributed by atoms with Gasteiger partial charge in [0.05, 0.1) is 0 Å². The molecule has 19 heavy (non-hydrogen) atoms. The van der Waals surface area contributed by atoms with Crippen molar-refractivity contribution in [3.05, 3.63) is 62.5 Å². The lowest BCUT2D eigenvalue weighted by Crippen LogP contribution is -2.27.